The first-order valence-electron chi connectivity index (χ1n) is 7.51. The molecule has 0 spiro atoms. The predicted molar refractivity (Wildman–Crippen MR) is 69.7 cm³/mol. The van der Waals surface area contributed by atoms with E-state index in [9.17, 15) is 22.4 Å². The van der Waals surface area contributed by atoms with Crippen LogP contribution < -0.4 is 0 Å². The Labute approximate surface area is 126 Å². The Balaban J connectivity index is 1.96. The molecule has 7 heteroatoms. The van der Waals surface area contributed by atoms with Gasteiger partial charge in [-0.2, -0.15) is 5.26 Å². The maximum Gasteiger partial charge on any atom is 0.315 e. The minimum absolute atomic E-state index is 0.167. The molecule has 2 rings (SSSR count). The molecule has 0 heterocycles. The van der Waals surface area contributed by atoms with Gasteiger partial charge in [-0.15, -0.1) is 0 Å². The summed E-state index contributed by atoms with van der Waals surface area (Å²) >= 11 is 0. The third kappa shape index (κ3) is 3.36. The molecule has 124 valence electrons. The summed E-state index contributed by atoms with van der Waals surface area (Å²) in [5.74, 6) is -4.49. The van der Waals surface area contributed by atoms with E-state index < -0.39 is 54.5 Å². The topological polar surface area (TPSA) is 50.1 Å². The van der Waals surface area contributed by atoms with Crippen molar-refractivity contribution in [1.29, 1.82) is 5.26 Å². The molecule has 0 radical (unpaired) electrons. The molecule has 0 aromatic carbocycles. The number of carbonyl (C=O) groups excluding carboxylic acids is 1. The SMILES string of the molecule is CC1CC(F)C(C(=O)OC2CCC(C#N)C(F)C2)C(F)C1F. The molecule has 0 saturated heterocycles. The summed E-state index contributed by atoms with van der Waals surface area (Å²) in [6.45, 7) is 1.39. The van der Waals surface area contributed by atoms with Crippen molar-refractivity contribution in [1.82, 2.24) is 0 Å². The molecule has 8 unspecified atom stereocenters. The Kier molecular flexibility index (Phi) is 5.30. The molecule has 2 aliphatic carbocycles. The van der Waals surface area contributed by atoms with E-state index in [-0.39, 0.29) is 25.7 Å². The second-order valence-corrected chi connectivity index (χ2v) is 6.27. The maximum absolute atomic E-state index is 13.9. The first-order chi connectivity index (χ1) is 10.3. The van der Waals surface area contributed by atoms with Gasteiger partial charge in [0.2, 0.25) is 0 Å². The average Bonchev–Trinajstić information content (AvgIpc) is 2.45. The van der Waals surface area contributed by atoms with Crippen molar-refractivity contribution >= 4 is 5.97 Å². The molecule has 2 saturated carbocycles. The first kappa shape index (κ1) is 17.0. The number of rotatable bonds is 2. The zero-order valence-electron chi connectivity index (χ0n) is 12.2. The van der Waals surface area contributed by atoms with E-state index in [4.69, 9.17) is 10.00 Å². The molecule has 0 N–H and O–H groups in total. The lowest BCUT2D eigenvalue weighted by molar-refractivity contribution is -0.167. The van der Waals surface area contributed by atoms with Crippen molar-refractivity contribution in [2.75, 3.05) is 0 Å². The normalized spacial score (nSPS) is 45.8. The number of nitriles is 1. The van der Waals surface area contributed by atoms with Crippen molar-refractivity contribution in [3.63, 3.8) is 0 Å². The Morgan fingerprint density at radius 2 is 1.77 bits per heavy atom. The van der Waals surface area contributed by atoms with Crippen molar-refractivity contribution < 1.29 is 27.1 Å². The van der Waals surface area contributed by atoms with Crippen LogP contribution in [0.2, 0.25) is 0 Å². The highest BCUT2D eigenvalue weighted by Gasteiger charge is 2.49. The third-order valence-corrected chi connectivity index (χ3v) is 4.62. The second-order valence-electron chi connectivity index (χ2n) is 6.27. The number of hydrogen-bond acceptors (Lipinski definition) is 3. The van der Waals surface area contributed by atoms with E-state index >= 15 is 0 Å². The number of esters is 1. The number of alkyl halides is 4. The molecule has 22 heavy (non-hydrogen) atoms. The summed E-state index contributed by atoms with van der Waals surface area (Å²) in [4.78, 5) is 11.9. The van der Waals surface area contributed by atoms with Gasteiger partial charge in [0.15, 0.2) is 0 Å². The maximum atomic E-state index is 13.9. The van der Waals surface area contributed by atoms with Crippen LogP contribution in [0, 0.1) is 29.1 Å². The molecule has 2 fully saturated rings. The summed E-state index contributed by atoms with van der Waals surface area (Å²) in [7, 11) is 0. The van der Waals surface area contributed by atoms with Crippen LogP contribution in [0.5, 0.6) is 0 Å². The Morgan fingerprint density at radius 3 is 2.36 bits per heavy atom. The predicted octanol–water partition coefficient (Wildman–Crippen LogP) is 3.23. The van der Waals surface area contributed by atoms with Crippen LogP contribution in [0.1, 0.15) is 32.6 Å². The molecular formula is C15H19F4NO2. The van der Waals surface area contributed by atoms with Gasteiger partial charge in [-0.25, -0.2) is 17.6 Å². The van der Waals surface area contributed by atoms with Crippen LogP contribution in [0.15, 0.2) is 0 Å². The highest BCUT2D eigenvalue weighted by Crippen LogP contribution is 2.37. The zero-order valence-corrected chi connectivity index (χ0v) is 12.2. The second kappa shape index (κ2) is 6.84. The molecular weight excluding hydrogens is 302 g/mol. The van der Waals surface area contributed by atoms with Crippen LogP contribution >= 0.6 is 0 Å². The average molecular weight is 321 g/mol. The Morgan fingerprint density at radius 1 is 1.09 bits per heavy atom. The van der Waals surface area contributed by atoms with E-state index in [0.717, 1.165) is 0 Å². The highest BCUT2D eigenvalue weighted by atomic mass is 19.2. The number of halogens is 4. The molecule has 3 nitrogen and oxygen atoms in total. The Bertz CT molecular complexity index is 455. The molecule has 0 aromatic rings. The van der Waals surface area contributed by atoms with E-state index in [1.54, 1.807) is 0 Å². The number of nitrogens with zero attached hydrogens (tertiary/aromatic N) is 1. The van der Waals surface area contributed by atoms with Crippen LogP contribution in [-0.4, -0.2) is 36.8 Å². The largest absolute Gasteiger partial charge is 0.462 e. The number of ether oxygens (including phenoxy) is 1. The lowest BCUT2D eigenvalue weighted by Crippen LogP contribution is -2.48. The first-order valence-corrected chi connectivity index (χ1v) is 7.51. The van der Waals surface area contributed by atoms with Gasteiger partial charge < -0.3 is 4.74 Å². The van der Waals surface area contributed by atoms with Crippen molar-refractivity contribution in [3.8, 4) is 6.07 Å². The van der Waals surface area contributed by atoms with Gasteiger partial charge in [0.1, 0.15) is 36.7 Å². The Hall–Kier alpha value is -1.32. The quantitative estimate of drug-likeness (QED) is 0.579. The smallest absolute Gasteiger partial charge is 0.315 e. The molecule has 0 amide bonds. The van der Waals surface area contributed by atoms with Crippen molar-refractivity contribution in [2.24, 2.45) is 17.8 Å². The van der Waals surface area contributed by atoms with E-state index in [2.05, 4.69) is 0 Å². The molecule has 8 atom stereocenters. The van der Waals surface area contributed by atoms with Crippen LogP contribution in [0.3, 0.4) is 0 Å². The van der Waals surface area contributed by atoms with Gasteiger partial charge in [0.25, 0.3) is 0 Å². The van der Waals surface area contributed by atoms with E-state index in [1.165, 1.54) is 6.92 Å². The van der Waals surface area contributed by atoms with Gasteiger partial charge >= 0.3 is 5.97 Å². The fraction of sp³-hybridized carbons (Fsp3) is 0.867. The fourth-order valence-electron chi connectivity index (χ4n) is 3.20. The molecule has 0 bridgehead atoms. The van der Waals surface area contributed by atoms with Crippen molar-refractivity contribution in [2.45, 2.75) is 63.4 Å². The van der Waals surface area contributed by atoms with Crippen molar-refractivity contribution in [3.05, 3.63) is 0 Å². The summed E-state index contributed by atoms with van der Waals surface area (Å²) in [5, 5.41) is 8.72. The van der Waals surface area contributed by atoms with Gasteiger partial charge in [0.05, 0.1) is 12.0 Å². The van der Waals surface area contributed by atoms with Gasteiger partial charge in [-0.05, 0) is 25.2 Å². The zero-order chi connectivity index (χ0) is 16.4. The molecule has 0 aromatic heterocycles. The standard InChI is InChI=1S/C15H19F4NO2/c1-7-4-11(17)12(14(19)13(7)18)15(21)22-9-3-2-8(6-20)10(16)5-9/h7-14H,2-5H2,1H3. The van der Waals surface area contributed by atoms with Crippen LogP contribution in [0.25, 0.3) is 0 Å². The summed E-state index contributed by atoms with van der Waals surface area (Å²) in [5.41, 5.74) is 0. The van der Waals surface area contributed by atoms with E-state index in [0.29, 0.717) is 0 Å². The lowest BCUT2D eigenvalue weighted by Gasteiger charge is -2.36. The van der Waals surface area contributed by atoms with Gasteiger partial charge in [-0.3, -0.25) is 4.79 Å². The monoisotopic (exact) mass is 321 g/mol. The van der Waals surface area contributed by atoms with E-state index in [1.807, 2.05) is 6.07 Å². The van der Waals surface area contributed by atoms with Gasteiger partial charge in [0, 0.05) is 6.42 Å². The van der Waals surface area contributed by atoms with Crippen LogP contribution in [-0.2, 0) is 9.53 Å². The minimum atomic E-state index is -2.25. The molecule has 2 aliphatic rings. The fourth-order valence-corrected chi connectivity index (χ4v) is 3.20. The third-order valence-electron chi connectivity index (χ3n) is 4.62. The number of carbonyl (C=O) groups is 1. The molecule has 0 aliphatic heterocycles. The van der Waals surface area contributed by atoms with Crippen LogP contribution in [0.4, 0.5) is 17.6 Å². The lowest BCUT2D eigenvalue weighted by atomic mass is 9.78. The summed E-state index contributed by atoms with van der Waals surface area (Å²) in [6.07, 6.45) is -8.13. The summed E-state index contributed by atoms with van der Waals surface area (Å²) < 4.78 is 60.1. The summed E-state index contributed by atoms with van der Waals surface area (Å²) in [6, 6.07) is 1.83. The highest BCUT2D eigenvalue weighted by molar-refractivity contribution is 5.74. The number of hydrogen-bond donors (Lipinski definition) is 0. The van der Waals surface area contributed by atoms with Gasteiger partial charge in [-0.1, -0.05) is 6.92 Å². The minimum Gasteiger partial charge on any atom is -0.462 e.